The lowest BCUT2D eigenvalue weighted by Gasteiger charge is -2.32. The standard InChI is InChI=1S/C21H22N4O3S/c1-13-12-25(17-7-6-16(29-17)21(2,3)28)20(27)18-15(8-10-24(13)18)19(26)23-14-5-4-9-22-11-14/h4-11,13,28H,12H2,1-3H3,(H,23,26)/t13-/m0/s1. The van der Waals surface area contributed by atoms with Gasteiger partial charge in [0.1, 0.15) is 5.69 Å². The molecule has 29 heavy (non-hydrogen) atoms. The molecule has 3 aromatic heterocycles. The number of nitrogens with one attached hydrogen (secondary N) is 1. The van der Waals surface area contributed by atoms with Crippen molar-refractivity contribution in [3.8, 4) is 0 Å². The largest absolute Gasteiger partial charge is 0.385 e. The van der Waals surface area contributed by atoms with Crippen LogP contribution in [0.3, 0.4) is 0 Å². The topological polar surface area (TPSA) is 87.5 Å². The van der Waals surface area contributed by atoms with Crippen molar-refractivity contribution in [1.82, 2.24) is 9.55 Å². The van der Waals surface area contributed by atoms with E-state index in [9.17, 15) is 14.7 Å². The summed E-state index contributed by atoms with van der Waals surface area (Å²) in [6.07, 6.45) is 4.97. The molecular formula is C21H22N4O3S. The summed E-state index contributed by atoms with van der Waals surface area (Å²) in [6.45, 7) is 5.94. The SMILES string of the molecule is C[C@H]1CN(c2ccc(C(C)(C)O)s2)C(=O)c2c(C(=O)Nc3cccnc3)ccn21. The number of pyridine rings is 1. The van der Waals surface area contributed by atoms with E-state index in [4.69, 9.17) is 0 Å². The summed E-state index contributed by atoms with van der Waals surface area (Å²) in [6, 6.07) is 8.84. The molecule has 150 valence electrons. The van der Waals surface area contributed by atoms with Gasteiger partial charge in [-0.2, -0.15) is 0 Å². The van der Waals surface area contributed by atoms with Gasteiger partial charge in [-0.15, -0.1) is 11.3 Å². The lowest BCUT2D eigenvalue weighted by molar-refractivity contribution is 0.0825. The lowest BCUT2D eigenvalue weighted by Crippen LogP contribution is -2.42. The molecule has 7 nitrogen and oxygen atoms in total. The number of aromatic nitrogens is 2. The highest BCUT2D eigenvalue weighted by Gasteiger charge is 2.35. The van der Waals surface area contributed by atoms with Crippen LogP contribution < -0.4 is 10.2 Å². The molecule has 3 aromatic rings. The lowest BCUT2D eigenvalue weighted by atomic mass is 10.1. The molecule has 0 saturated carbocycles. The summed E-state index contributed by atoms with van der Waals surface area (Å²) in [5.74, 6) is -0.578. The van der Waals surface area contributed by atoms with Gasteiger partial charge in [0.25, 0.3) is 11.8 Å². The van der Waals surface area contributed by atoms with Gasteiger partial charge in [-0.1, -0.05) is 0 Å². The number of carbonyl (C=O) groups is 2. The van der Waals surface area contributed by atoms with Gasteiger partial charge in [-0.05, 0) is 51.1 Å². The highest BCUT2D eigenvalue weighted by atomic mass is 32.1. The molecule has 1 atom stereocenters. The maximum atomic E-state index is 13.3. The molecule has 4 rings (SSSR count). The van der Waals surface area contributed by atoms with Gasteiger partial charge in [0.05, 0.1) is 28.0 Å². The fourth-order valence-corrected chi connectivity index (χ4v) is 4.43. The first-order valence-electron chi connectivity index (χ1n) is 9.32. The summed E-state index contributed by atoms with van der Waals surface area (Å²) >= 11 is 1.38. The molecule has 2 amide bonds. The van der Waals surface area contributed by atoms with Crippen molar-refractivity contribution in [3.63, 3.8) is 0 Å². The number of hydrogen-bond donors (Lipinski definition) is 2. The van der Waals surface area contributed by atoms with E-state index in [-0.39, 0.29) is 17.9 Å². The van der Waals surface area contributed by atoms with Gasteiger partial charge in [-0.3, -0.25) is 19.5 Å². The Labute approximate surface area is 172 Å². The zero-order chi connectivity index (χ0) is 20.8. The molecular weight excluding hydrogens is 388 g/mol. The highest BCUT2D eigenvalue weighted by Crippen LogP contribution is 2.36. The van der Waals surface area contributed by atoms with Crippen LogP contribution in [-0.4, -0.2) is 33.0 Å². The van der Waals surface area contributed by atoms with Crippen LogP contribution in [0.1, 0.15) is 52.5 Å². The summed E-state index contributed by atoms with van der Waals surface area (Å²) < 4.78 is 1.85. The molecule has 0 spiro atoms. The van der Waals surface area contributed by atoms with Crippen LogP contribution >= 0.6 is 11.3 Å². The Bertz CT molecular complexity index is 1070. The summed E-state index contributed by atoms with van der Waals surface area (Å²) in [5.41, 5.74) is 0.291. The molecule has 0 saturated heterocycles. The minimum absolute atomic E-state index is 0.00956. The van der Waals surface area contributed by atoms with Gasteiger partial charge in [0.2, 0.25) is 0 Å². The molecule has 1 aliphatic rings. The van der Waals surface area contributed by atoms with Crippen molar-refractivity contribution < 1.29 is 14.7 Å². The molecule has 2 N–H and O–H groups in total. The quantitative estimate of drug-likeness (QED) is 0.687. The second kappa shape index (κ2) is 7.13. The Hall–Kier alpha value is -2.97. The third-order valence-corrected chi connectivity index (χ3v) is 6.33. The number of rotatable bonds is 4. The number of nitrogens with zero attached hydrogens (tertiary/aromatic N) is 3. The van der Waals surface area contributed by atoms with Crippen molar-refractivity contribution in [2.24, 2.45) is 0 Å². The van der Waals surface area contributed by atoms with Crippen molar-refractivity contribution >= 4 is 33.8 Å². The predicted molar refractivity (Wildman–Crippen MR) is 113 cm³/mol. The number of anilines is 2. The Morgan fingerprint density at radius 3 is 2.76 bits per heavy atom. The molecule has 0 bridgehead atoms. The molecule has 0 aliphatic carbocycles. The Morgan fingerprint density at radius 1 is 1.31 bits per heavy atom. The smallest absolute Gasteiger partial charge is 0.276 e. The molecule has 1 aliphatic heterocycles. The van der Waals surface area contributed by atoms with Crippen LogP contribution in [0.2, 0.25) is 0 Å². The zero-order valence-corrected chi connectivity index (χ0v) is 17.2. The Kier molecular flexibility index (Phi) is 4.76. The van der Waals surface area contributed by atoms with Crippen LogP contribution in [-0.2, 0) is 5.60 Å². The summed E-state index contributed by atoms with van der Waals surface area (Å²) in [7, 11) is 0. The Balaban J connectivity index is 1.66. The molecule has 4 heterocycles. The number of carbonyl (C=O) groups excluding carboxylic acids is 2. The molecule has 0 fully saturated rings. The number of thiophene rings is 1. The first-order valence-corrected chi connectivity index (χ1v) is 10.1. The second-order valence-corrected chi connectivity index (χ2v) is 8.71. The van der Waals surface area contributed by atoms with E-state index in [1.54, 1.807) is 55.5 Å². The minimum atomic E-state index is -0.970. The summed E-state index contributed by atoms with van der Waals surface area (Å²) in [4.78, 5) is 32.6. The van der Waals surface area contributed by atoms with Crippen molar-refractivity contribution in [2.75, 3.05) is 16.8 Å². The van der Waals surface area contributed by atoms with E-state index >= 15 is 0 Å². The maximum Gasteiger partial charge on any atom is 0.276 e. The fraction of sp³-hybridized carbons (Fsp3) is 0.286. The second-order valence-electron chi connectivity index (χ2n) is 7.64. The number of hydrogen-bond acceptors (Lipinski definition) is 5. The van der Waals surface area contributed by atoms with Crippen molar-refractivity contribution in [3.05, 3.63) is 65.1 Å². The normalized spacial score (nSPS) is 16.6. The van der Waals surface area contributed by atoms with Crippen LogP contribution in [0, 0.1) is 0 Å². The zero-order valence-electron chi connectivity index (χ0n) is 16.4. The molecule has 0 radical (unpaired) electrons. The highest BCUT2D eigenvalue weighted by molar-refractivity contribution is 7.16. The third kappa shape index (κ3) is 3.56. The van der Waals surface area contributed by atoms with Crippen LogP contribution in [0.15, 0.2) is 48.9 Å². The van der Waals surface area contributed by atoms with Crippen LogP contribution in [0.5, 0.6) is 0 Å². The van der Waals surface area contributed by atoms with E-state index in [0.29, 0.717) is 23.5 Å². The van der Waals surface area contributed by atoms with Gasteiger partial charge < -0.3 is 15.0 Å². The third-order valence-electron chi connectivity index (χ3n) is 4.91. The monoisotopic (exact) mass is 410 g/mol. The van der Waals surface area contributed by atoms with Gasteiger partial charge in [0, 0.05) is 29.9 Å². The summed E-state index contributed by atoms with van der Waals surface area (Å²) in [5, 5.41) is 13.8. The van der Waals surface area contributed by atoms with E-state index in [1.165, 1.54) is 11.3 Å². The van der Waals surface area contributed by atoms with Crippen molar-refractivity contribution in [2.45, 2.75) is 32.4 Å². The first kappa shape index (κ1) is 19.4. The minimum Gasteiger partial charge on any atom is -0.385 e. The molecule has 0 aromatic carbocycles. The Morgan fingerprint density at radius 2 is 2.10 bits per heavy atom. The maximum absolute atomic E-state index is 13.3. The van der Waals surface area contributed by atoms with E-state index in [0.717, 1.165) is 9.88 Å². The average molecular weight is 410 g/mol. The van der Waals surface area contributed by atoms with Crippen LogP contribution in [0.4, 0.5) is 10.7 Å². The van der Waals surface area contributed by atoms with E-state index in [1.807, 2.05) is 23.6 Å². The van der Waals surface area contributed by atoms with Crippen molar-refractivity contribution in [1.29, 1.82) is 0 Å². The van der Waals surface area contributed by atoms with Gasteiger partial charge >= 0.3 is 0 Å². The molecule has 8 heteroatoms. The average Bonchev–Trinajstić information content (AvgIpc) is 3.33. The fourth-order valence-electron chi connectivity index (χ4n) is 3.41. The van der Waals surface area contributed by atoms with E-state index in [2.05, 4.69) is 10.3 Å². The molecule has 0 unspecified atom stereocenters. The van der Waals surface area contributed by atoms with E-state index < -0.39 is 5.60 Å². The number of fused-ring (bicyclic) bond motifs is 1. The number of aliphatic hydroxyl groups is 1. The van der Waals surface area contributed by atoms with Crippen LogP contribution in [0.25, 0.3) is 0 Å². The predicted octanol–water partition coefficient (Wildman–Crippen LogP) is 3.65. The van der Waals surface area contributed by atoms with Gasteiger partial charge in [0.15, 0.2) is 0 Å². The first-order chi connectivity index (χ1) is 13.8. The van der Waals surface area contributed by atoms with Gasteiger partial charge in [-0.25, -0.2) is 0 Å². The number of amides is 2.